The highest BCUT2D eigenvalue weighted by atomic mass is 32.2. The molecule has 0 saturated carbocycles. The van der Waals surface area contributed by atoms with Crippen LogP contribution in [0.4, 0.5) is 0 Å². The first kappa shape index (κ1) is 12.8. The minimum absolute atomic E-state index is 0.519. The summed E-state index contributed by atoms with van der Waals surface area (Å²) < 4.78 is 0. The summed E-state index contributed by atoms with van der Waals surface area (Å²) >= 11 is 1.68. The monoisotopic (exact) mass is 270 g/mol. The summed E-state index contributed by atoms with van der Waals surface area (Å²) in [6, 6.07) is 14.5. The van der Waals surface area contributed by atoms with Crippen molar-refractivity contribution in [3.8, 4) is 0 Å². The van der Waals surface area contributed by atoms with Crippen molar-refractivity contribution >= 4 is 11.8 Å². The van der Waals surface area contributed by atoms with Gasteiger partial charge in [0.2, 0.25) is 0 Å². The Morgan fingerprint density at radius 3 is 2.68 bits per heavy atom. The maximum absolute atomic E-state index is 10.6. The molecule has 2 heteroatoms. The molecular weight excluding hydrogens is 252 g/mol. The van der Waals surface area contributed by atoms with Crippen molar-refractivity contribution in [1.29, 1.82) is 0 Å². The number of rotatable bonds is 3. The van der Waals surface area contributed by atoms with E-state index in [0.29, 0.717) is 0 Å². The zero-order valence-corrected chi connectivity index (χ0v) is 11.9. The molecule has 1 aliphatic rings. The molecule has 1 nitrogen and oxygen atoms in total. The molecular formula is C17H18OS. The average molecular weight is 270 g/mol. The number of benzene rings is 2. The van der Waals surface area contributed by atoms with E-state index in [1.54, 1.807) is 11.8 Å². The molecule has 1 atom stereocenters. The maximum atomic E-state index is 10.6. The smallest absolute Gasteiger partial charge is 0.105 e. The number of aryl methyl sites for hydroxylation is 2. The molecule has 1 N–H and O–H groups in total. The van der Waals surface area contributed by atoms with E-state index in [-0.39, 0.29) is 0 Å². The van der Waals surface area contributed by atoms with Crippen LogP contribution in [0.3, 0.4) is 0 Å². The second kappa shape index (κ2) is 5.40. The molecule has 19 heavy (non-hydrogen) atoms. The van der Waals surface area contributed by atoms with E-state index < -0.39 is 6.10 Å². The fourth-order valence-corrected chi connectivity index (χ4v) is 3.46. The summed E-state index contributed by atoms with van der Waals surface area (Å²) in [6.07, 6.45) is 5.12. The second-order valence-electron chi connectivity index (χ2n) is 5.03. The number of aliphatic hydroxyl groups excluding tert-OH is 1. The lowest BCUT2D eigenvalue weighted by Crippen LogP contribution is -2.02. The second-order valence-corrected chi connectivity index (χ2v) is 5.87. The molecule has 3 rings (SSSR count). The minimum Gasteiger partial charge on any atom is -0.384 e. The third-order valence-corrected chi connectivity index (χ3v) is 4.68. The number of fused-ring (bicyclic) bond motifs is 1. The van der Waals surface area contributed by atoms with Gasteiger partial charge in [-0.25, -0.2) is 0 Å². The van der Waals surface area contributed by atoms with Crippen molar-refractivity contribution in [2.45, 2.75) is 30.3 Å². The van der Waals surface area contributed by atoms with Crippen LogP contribution in [0.5, 0.6) is 0 Å². The third kappa shape index (κ3) is 2.43. The summed E-state index contributed by atoms with van der Waals surface area (Å²) in [4.78, 5) is 1.15. The van der Waals surface area contributed by atoms with Gasteiger partial charge >= 0.3 is 0 Å². The number of thioether (sulfide) groups is 1. The van der Waals surface area contributed by atoms with Crippen LogP contribution in [-0.2, 0) is 12.8 Å². The van der Waals surface area contributed by atoms with Crippen LogP contribution in [0.25, 0.3) is 0 Å². The molecule has 2 aromatic rings. The Kier molecular flexibility index (Phi) is 3.63. The standard InChI is InChI=1S/C17H18OS/c1-19-16-8-3-2-7-15(16)17(18)14-10-9-12-5-4-6-13(12)11-14/h2-3,7-11,17-18H,4-6H2,1H3. The number of hydrogen-bond donors (Lipinski definition) is 1. The average Bonchev–Trinajstić information content (AvgIpc) is 2.93. The lowest BCUT2D eigenvalue weighted by Gasteiger charge is -2.16. The fourth-order valence-electron chi connectivity index (χ4n) is 2.83. The van der Waals surface area contributed by atoms with Crippen molar-refractivity contribution in [3.63, 3.8) is 0 Å². The van der Waals surface area contributed by atoms with E-state index >= 15 is 0 Å². The van der Waals surface area contributed by atoms with Crippen LogP contribution >= 0.6 is 11.8 Å². The van der Waals surface area contributed by atoms with E-state index in [1.807, 2.05) is 24.5 Å². The predicted molar refractivity (Wildman–Crippen MR) is 80.8 cm³/mol. The quantitative estimate of drug-likeness (QED) is 0.851. The van der Waals surface area contributed by atoms with Gasteiger partial charge in [-0.1, -0.05) is 36.4 Å². The van der Waals surface area contributed by atoms with Gasteiger partial charge in [0.05, 0.1) is 0 Å². The van der Waals surface area contributed by atoms with Crippen molar-refractivity contribution < 1.29 is 5.11 Å². The molecule has 0 aliphatic heterocycles. The predicted octanol–water partition coefficient (Wildman–Crippen LogP) is 3.98. The summed E-state index contributed by atoms with van der Waals surface area (Å²) in [5, 5.41) is 10.6. The molecule has 2 aromatic carbocycles. The number of hydrogen-bond acceptors (Lipinski definition) is 2. The lowest BCUT2D eigenvalue weighted by molar-refractivity contribution is 0.217. The number of aliphatic hydroxyl groups is 1. The normalized spacial score (nSPS) is 15.3. The van der Waals surface area contributed by atoms with Gasteiger partial charge in [0.15, 0.2) is 0 Å². The summed E-state index contributed by atoms with van der Waals surface area (Å²) in [6.45, 7) is 0. The van der Waals surface area contributed by atoms with Gasteiger partial charge in [0, 0.05) is 4.90 Å². The molecule has 0 saturated heterocycles. The Bertz CT molecular complexity index is 592. The highest BCUT2D eigenvalue weighted by Crippen LogP contribution is 2.32. The van der Waals surface area contributed by atoms with E-state index in [1.165, 1.54) is 24.0 Å². The highest BCUT2D eigenvalue weighted by Gasteiger charge is 2.17. The van der Waals surface area contributed by atoms with Gasteiger partial charge in [-0.2, -0.15) is 0 Å². The Labute approximate surface area is 118 Å². The Morgan fingerprint density at radius 1 is 1.05 bits per heavy atom. The molecule has 0 spiro atoms. The van der Waals surface area contributed by atoms with Crippen molar-refractivity contribution in [3.05, 3.63) is 64.7 Å². The maximum Gasteiger partial charge on any atom is 0.105 e. The molecule has 0 aromatic heterocycles. The van der Waals surface area contributed by atoms with Crippen LogP contribution in [-0.4, -0.2) is 11.4 Å². The van der Waals surface area contributed by atoms with Crippen LogP contribution in [0, 0.1) is 0 Å². The zero-order valence-electron chi connectivity index (χ0n) is 11.1. The molecule has 0 bridgehead atoms. The summed E-state index contributed by atoms with van der Waals surface area (Å²) in [5.41, 5.74) is 4.89. The van der Waals surface area contributed by atoms with Gasteiger partial charge in [-0.3, -0.25) is 0 Å². The van der Waals surface area contributed by atoms with Crippen LogP contribution in [0.1, 0.15) is 34.8 Å². The first-order chi connectivity index (χ1) is 9.29. The van der Waals surface area contributed by atoms with Gasteiger partial charge < -0.3 is 5.11 Å². The molecule has 1 unspecified atom stereocenters. The Hall–Kier alpha value is -1.25. The zero-order chi connectivity index (χ0) is 13.2. The van der Waals surface area contributed by atoms with Crippen molar-refractivity contribution in [1.82, 2.24) is 0 Å². The molecule has 0 heterocycles. The topological polar surface area (TPSA) is 20.2 Å². The van der Waals surface area contributed by atoms with Crippen LogP contribution in [0.15, 0.2) is 47.4 Å². The molecule has 1 aliphatic carbocycles. The van der Waals surface area contributed by atoms with Crippen LogP contribution < -0.4 is 0 Å². The molecule has 0 fully saturated rings. The Morgan fingerprint density at radius 2 is 1.84 bits per heavy atom. The van der Waals surface area contributed by atoms with Crippen LogP contribution in [0.2, 0.25) is 0 Å². The van der Waals surface area contributed by atoms with E-state index in [9.17, 15) is 5.11 Å². The highest BCUT2D eigenvalue weighted by molar-refractivity contribution is 7.98. The molecule has 0 radical (unpaired) electrons. The summed E-state index contributed by atoms with van der Waals surface area (Å²) in [5.74, 6) is 0. The largest absolute Gasteiger partial charge is 0.384 e. The molecule has 0 amide bonds. The SMILES string of the molecule is CSc1ccccc1C(O)c1ccc2c(c1)CCC2. The van der Waals surface area contributed by atoms with E-state index in [0.717, 1.165) is 22.4 Å². The third-order valence-electron chi connectivity index (χ3n) is 3.87. The van der Waals surface area contributed by atoms with Gasteiger partial charge in [0.1, 0.15) is 6.10 Å². The van der Waals surface area contributed by atoms with Gasteiger partial charge in [-0.15, -0.1) is 11.8 Å². The van der Waals surface area contributed by atoms with Crippen molar-refractivity contribution in [2.75, 3.05) is 6.26 Å². The summed E-state index contributed by atoms with van der Waals surface area (Å²) in [7, 11) is 0. The van der Waals surface area contributed by atoms with E-state index in [4.69, 9.17) is 0 Å². The first-order valence-corrected chi connectivity index (χ1v) is 7.95. The fraction of sp³-hybridized carbons (Fsp3) is 0.294. The minimum atomic E-state index is -0.519. The lowest BCUT2D eigenvalue weighted by atomic mass is 9.98. The van der Waals surface area contributed by atoms with Gasteiger partial charge in [-0.05, 0) is 53.8 Å². The molecule has 98 valence electrons. The Balaban J connectivity index is 1.97. The first-order valence-electron chi connectivity index (χ1n) is 6.72. The van der Waals surface area contributed by atoms with Crippen molar-refractivity contribution in [2.24, 2.45) is 0 Å². The van der Waals surface area contributed by atoms with Gasteiger partial charge in [0.25, 0.3) is 0 Å². The van der Waals surface area contributed by atoms with E-state index in [2.05, 4.69) is 24.3 Å².